The number of esters is 1. The van der Waals surface area contributed by atoms with Gasteiger partial charge < -0.3 is 4.74 Å². The summed E-state index contributed by atoms with van der Waals surface area (Å²) in [7, 11) is 0. The van der Waals surface area contributed by atoms with Crippen molar-refractivity contribution in [2.75, 3.05) is 0 Å². The Morgan fingerprint density at radius 1 is 1.12 bits per heavy atom. The summed E-state index contributed by atoms with van der Waals surface area (Å²) in [6.45, 7) is 11.2. The number of ether oxygens (including phenoxy) is 1. The van der Waals surface area contributed by atoms with Crippen LogP contribution in [-0.2, 0) is 9.53 Å². The number of carbonyl (C=O) groups excluding carboxylic acids is 1. The zero-order valence-corrected chi connectivity index (χ0v) is 11.3. The van der Waals surface area contributed by atoms with Crippen LogP contribution in [0.3, 0.4) is 0 Å². The molecule has 0 bridgehead atoms. The van der Waals surface area contributed by atoms with Crippen LogP contribution in [0.4, 0.5) is 0 Å². The molecular formula is C15H26O2. The zero-order chi connectivity index (χ0) is 13.1. The molecule has 0 saturated carbocycles. The molecule has 0 aromatic heterocycles. The smallest absolute Gasteiger partial charge is 0.308 e. The lowest BCUT2D eigenvalue weighted by Gasteiger charge is -2.16. The Kier molecular flexibility index (Phi) is 9.50. The predicted octanol–water partition coefficient (Wildman–Crippen LogP) is 4.27. The SMILES string of the molecule is C=CCCCCC(C)OC(=O)C(C)CCC=C. The molecule has 17 heavy (non-hydrogen) atoms. The Labute approximate surface area is 106 Å². The first-order valence-electron chi connectivity index (χ1n) is 6.54. The van der Waals surface area contributed by atoms with E-state index in [0.717, 1.165) is 38.5 Å². The van der Waals surface area contributed by atoms with E-state index in [1.54, 1.807) is 0 Å². The second kappa shape index (κ2) is 10.1. The fraction of sp³-hybridized carbons (Fsp3) is 0.667. The molecule has 0 rings (SSSR count). The van der Waals surface area contributed by atoms with Gasteiger partial charge in [0.25, 0.3) is 0 Å². The van der Waals surface area contributed by atoms with Gasteiger partial charge in [0.1, 0.15) is 0 Å². The number of hydrogen-bond acceptors (Lipinski definition) is 2. The second-order valence-corrected chi connectivity index (χ2v) is 4.59. The molecule has 0 aromatic rings. The summed E-state index contributed by atoms with van der Waals surface area (Å²) in [5.74, 6) is -0.105. The highest BCUT2D eigenvalue weighted by Crippen LogP contribution is 2.12. The van der Waals surface area contributed by atoms with Crippen LogP contribution in [0.25, 0.3) is 0 Å². The van der Waals surface area contributed by atoms with Gasteiger partial charge in [0, 0.05) is 0 Å². The summed E-state index contributed by atoms with van der Waals surface area (Å²) < 4.78 is 5.39. The summed E-state index contributed by atoms with van der Waals surface area (Å²) >= 11 is 0. The van der Waals surface area contributed by atoms with Crippen molar-refractivity contribution in [1.29, 1.82) is 0 Å². The lowest BCUT2D eigenvalue weighted by Crippen LogP contribution is -2.20. The first-order valence-corrected chi connectivity index (χ1v) is 6.54. The molecule has 0 saturated heterocycles. The van der Waals surface area contributed by atoms with Gasteiger partial charge in [-0.1, -0.05) is 19.1 Å². The van der Waals surface area contributed by atoms with Crippen molar-refractivity contribution < 1.29 is 9.53 Å². The molecule has 98 valence electrons. The van der Waals surface area contributed by atoms with Crippen LogP contribution in [0.15, 0.2) is 25.3 Å². The van der Waals surface area contributed by atoms with Crippen molar-refractivity contribution in [3.63, 3.8) is 0 Å². The van der Waals surface area contributed by atoms with Crippen LogP contribution in [-0.4, -0.2) is 12.1 Å². The van der Waals surface area contributed by atoms with E-state index in [9.17, 15) is 4.79 Å². The van der Waals surface area contributed by atoms with Crippen LogP contribution >= 0.6 is 0 Å². The summed E-state index contributed by atoms with van der Waals surface area (Å²) in [4.78, 5) is 11.7. The maximum atomic E-state index is 11.7. The molecule has 0 N–H and O–H groups in total. The molecule has 0 radical (unpaired) electrons. The fourth-order valence-corrected chi connectivity index (χ4v) is 1.58. The second-order valence-electron chi connectivity index (χ2n) is 4.59. The number of carbonyl (C=O) groups is 1. The van der Waals surface area contributed by atoms with Gasteiger partial charge >= 0.3 is 5.97 Å². The van der Waals surface area contributed by atoms with E-state index >= 15 is 0 Å². The van der Waals surface area contributed by atoms with E-state index in [1.165, 1.54) is 0 Å². The van der Waals surface area contributed by atoms with Gasteiger partial charge in [0.15, 0.2) is 0 Å². The van der Waals surface area contributed by atoms with Crippen molar-refractivity contribution in [3.8, 4) is 0 Å². The molecule has 2 heteroatoms. The first-order chi connectivity index (χ1) is 8.11. The summed E-state index contributed by atoms with van der Waals surface area (Å²) in [5, 5.41) is 0. The van der Waals surface area contributed by atoms with E-state index in [-0.39, 0.29) is 18.0 Å². The molecule has 0 fully saturated rings. The van der Waals surface area contributed by atoms with Crippen LogP contribution in [0.2, 0.25) is 0 Å². The van der Waals surface area contributed by atoms with Gasteiger partial charge in [0.05, 0.1) is 12.0 Å². The molecule has 0 amide bonds. The molecule has 0 spiro atoms. The Morgan fingerprint density at radius 2 is 1.76 bits per heavy atom. The zero-order valence-electron chi connectivity index (χ0n) is 11.3. The molecule has 2 atom stereocenters. The Balaban J connectivity index is 3.70. The lowest BCUT2D eigenvalue weighted by atomic mass is 10.1. The minimum Gasteiger partial charge on any atom is -0.462 e. The number of unbranched alkanes of at least 4 members (excludes halogenated alkanes) is 2. The minimum absolute atomic E-state index is 0.0244. The quantitative estimate of drug-likeness (QED) is 0.323. The van der Waals surface area contributed by atoms with Gasteiger partial charge in [0.2, 0.25) is 0 Å². The van der Waals surface area contributed by atoms with Crippen molar-refractivity contribution in [2.24, 2.45) is 5.92 Å². The third-order valence-electron chi connectivity index (χ3n) is 2.79. The van der Waals surface area contributed by atoms with Crippen molar-refractivity contribution in [1.82, 2.24) is 0 Å². The number of allylic oxidation sites excluding steroid dienone is 2. The maximum Gasteiger partial charge on any atom is 0.308 e. The van der Waals surface area contributed by atoms with E-state index < -0.39 is 0 Å². The van der Waals surface area contributed by atoms with Gasteiger partial charge in [-0.15, -0.1) is 13.2 Å². The van der Waals surface area contributed by atoms with Crippen LogP contribution in [0.5, 0.6) is 0 Å². The highest BCUT2D eigenvalue weighted by atomic mass is 16.5. The van der Waals surface area contributed by atoms with Crippen molar-refractivity contribution in [3.05, 3.63) is 25.3 Å². The number of hydrogen-bond donors (Lipinski definition) is 0. The molecule has 2 unspecified atom stereocenters. The van der Waals surface area contributed by atoms with E-state index in [4.69, 9.17) is 4.74 Å². The Bertz CT molecular complexity index is 233. The molecular weight excluding hydrogens is 212 g/mol. The van der Waals surface area contributed by atoms with Crippen LogP contribution in [0, 0.1) is 5.92 Å². The standard InChI is InChI=1S/C15H26O2/c1-5-7-9-10-12-14(4)17-15(16)13(3)11-8-6-2/h5-6,13-14H,1-2,7-12H2,3-4H3. The van der Waals surface area contributed by atoms with Gasteiger partial charge in [-0.2, -0.15) is 0 Å². The van der Waals surface area contributed by atoms with E-state index in [0.29, 0.717) is 0 Å². The third-order valence-corrected chi connectivity index (χ3v) is 2.79. The third kappa shape index (κ3) is 8.73. The molecule has 0 aliphatic carbocycles. The van der Waals surface area contributed by atoms with Crippen LogP contribution in [0.1, 0.15) is 52.4 Å². The van der Waals surface area contributed by atoms with Crippen LogP contribution < -0.4 is 0 Å². The van der Waals surface area contributed by atoms with Gasteiger partial charge in [-0.3, -0.25) is 4.79 Å². The van der Waals surface area contributed by atoms with Gasteiger partial charge in [-0.25, -0.2) is 0 Å². The minimum atomic E-state index is -0.0805. The normalized spacial score (nSPS) is 13.8. The molecule has 0 aliphatic heterocycles. The molecule has 0 aromatic carbocycles. The summed E-state index contributed by atoms with van der Waals surface area (Å²) in [5.41, 5.74) is 0. The van der Waals surface area contributed by atoms with Gasteiger partial charge in [-0.05, 0) is 45.4 Å². The van der Waals surface area contributed by atoms with E-state index in [1.807, 2.05) is 26.0 Å². The fourth-order valence-electron chi connectivity index (χ4n) is 1.58. The lowest BCUT2D eigenvalue weighted by molar-refractivity contribution is -0.153. The Hall–Kier alpha value is -1.05. The highest BCUT2D eigenvalue weighted by Gasteiger charge is 2.16. The number of rotatable bonds is 10. The molecule has 0 aliphatic rings. The monoisotopic (exact) mass is 238 g/mol. The van der Waals surface area contributed by atoms with Crippen molar-refractivity contribution >= 4 is 5.97 Å². The largest absolute Gasteiger partial charge is 0.462 e. The van der Waals surface area contributed by atoms with Crippen molar-refractivity contribution in [2.45, 2.75) is 58.5 Å². The highest BCUT2D eigenvalue weighted by molar-refractivity contribution is 5.72. The first kappa shape index (κ1) is 16.0. The summed E-state index contributed by atoms with van der Waals surface area (Å²) in [6.07, 6.45) is 9.66. The average Bonchev–Trinajstić information content (AvgIpc) is 2.31. The summed E-state index contributed by atoms with van der Waals surface area (Å²) in [6, 6.07) is 0. The Morgan fingerprint density at radius 3 is 2.35 bits per heavy atom. The molecule has 2 nitrogen and oxygen atoms in total. The molecule has 0 heterocycles. The van der Waals surface area contributed by atoms with E-state index in [2.05, 4.69) is 13.2 Å². The predicted molar refractivity (Wildman–Crippen MR) is 72.8 cm³/mol. The average molecular weight is 238 g/mol. The topological polar surface area (TPSA) is 26.3 Å². The maximum absolute atomic E-state index is 11.7.